The summed E-state index contributed by atoms with van der Waals surface area (Å²) >= 11 is 9.29. The van der Waals surface area contributed by atoms with Gasteiger partial charge in [0.2, 0.25) is 20.0 Å². The summed E-state index contributed by atoms with van der Waals surface area (Å²) in [6.45, 7) is 5.13. The van der Waals surface area contributed by atoms with Crippen LogP contribution in [0, 0.1) is 0 Å². The fourth-order valence-corrected chi connectivity index (χ4v) is 10.7. The number of hydrogen-bond donors (Lipinski definition) is 4. The predicted molar refractivity (Wildman–Crippen MR) is 235 cm³/mol. The van der Waals surface area contributed by atoms with E-state index in [1.807, 2.05) is 67.3 Å². The highest BCUT2D eigenvalue weighted by Gasteiger charge is 2.39. The first-order valence-corrected chi connectivity index (χ1v) is 23.1. The van der Waals surface area contributed by atoms with Gasteiger partial charge < -0.3 is 20.5 Å². The number of rotatable bonds is 8. The van der Waals surface area contributed by atoms with Crippen LogP contribution in [0.5, 0.6) is 0 Å². The molecule has 59 heavy (non-hydrogen) atoms. The van der Waals surface area contributed by atoms with Crippen molar-refractivity contribution in [2.45, 2.75) is 34.7 Å². The number of nitrogens with two attached hydrogens (primary N) is 1. The summed E-state index contributed by atoms with van der Waals surface area (Å²) in [7, 11) is -7.28. The Bertz CT molecular complexity index is 3060. The lowest BCUT2D eigenvalue weighted by atomic mass is 10.0. The van der Waals surface area contributed by atoms with E-state index in [9.17, 15) is 16.8 Å². The van der Waals surface area contributed by atoms with E-state index in [-0.39, 0.29) is 9.79 Å². The number of benzene rings is 4. The molecule has 0 saturated carbocycles. The maximum atomic E-state index is 12.9. The van der Waals surface area contributed by atoms with E-state index in [2.05, 4.69) is 34.7 Å². The van der Waals surface area contributed by atoms with Crippen LogP contribution in [0.3, 0.4) is 0 Å². The Kier molecular flexibility index (Phi) is 11.3. The first kappa shape index (κ1) is 40.9. The number of nitrogen functional groups attached to an aromatic ring is 1. The molecule has 0 spiro atoms. The van der Waals surface area contributed by atoms with Crippen LogP contribution < -0.4 is 20.5 Å². The maximum absolute atomic E-state index is 12.9. The van der Waals surface area contributed by atoms with E-state index in [4.69, 9.17) is 26.8 Å². The number of nitrogens with one attached hydrogen (secondary N) is 3. The maximum Gasteiger partial charge on any atom is 0.241 e. The number of hydrogen-bond acceptors (Lipinski definition) is 14. The molecule has 2 fully saturated rings. The highest BCUT2D eigenvalue weighted by atomic mass is 35.5. The second-order valence-corrected chi connectivity index (χ2v) is 20.1. The van der Waals surface area contributed by atoms with Crippen LogP contribution in [0.4, 0.5) is 17.1 Å². The lowest BCUT2D eigenvalue weighted by Gasteiger charge is -2.38. The molecule has 5 N–H and O–H groups in total. The highest BCUT2D eigenvalue weighted by Crippen LogP contribution is 2.31. The number of halogens is 1. The quantitative estimate of drug-likeness (QED) is 0.110. The van der Waals surface area contributed by atoms with Gasteiger partial charge in [0.1, 0.15) is 0 Å². The van der Waals surface area contributed by atoms with Crippen LogP contribution in [0.1, 0.15) is 13.8 Å². The summed E-state index contributed by atoms with van der Waals surface area (Å²) < 4.78 is 68.3. The Morgan fingerprint density at radius 3 is 1.73 bits per heavy atom. The summed E-state index contributed by atoms with van der Waals surface area (Å²) in [5, 5.41) is 5.19. The number of anilines is 3. The van der Waals surface area contributed by atoms with Crippen LogP contribution >= 0.6 is 34.3 Å². The lowest BCUT2D eigenvalue weighted by molar-refractivity contribution is -0.0523. The molecular formula is C40H37ClN8O6S4. The van der Waals surface area contributed by atoms with Crippen molar-refractivity contribution in [3.8, 4) is 0 Å². The summed E-state index contributed by atoms with van der Waals surface area (Å²) in [6.07, 6.45) is 3.29. The van der Waals surface area contributed by atoms with E-state index in [1.54, 1.807) is 65.4 Å². The van der Waals surface area contributed by atoms with Crippen LogP contribution in [0.15, 0.2) is 118 Å². The van der Waals surface area contributed by atoms with Gasteiger partial charge in [-0.25, -0.2) is 36.2 Å². The van der Waals surface area contributed by atoms with E-state index < -0.39 is 31.1 Å². The van der Waals surface area contributed by atoms with Gasteiger partial charge in [-0.05, 0) is 98.8 Å². The Morgan fingerprint density at radius 1 is 0.627 bits per heavy atom. The molecule has 6 heterocycles. The minimum absolute atomic E-state index is 0.174. The van der Waals surface area contributed by atoms with E-state index in [0.717, 1.165) is 38.2 Å². The van der Waals surface area contributed by atoms with Gasteiger partial charge in [-0.3, -0.25) is 9.97 Å². The second-order valence-electron chi connectivity index (χ2n) is 14.6. The minimum atomic E-state index is -3.68. The first-order valence-electron chi connectivity index (χ1n) is 18.0. The van der Waals surface area contributed by atoms with Gasteiger partial charge in [0.15, 0.2) is 0 Å². The van der Waals surface area contributed by atoms with E-state index in [1.165, 1.54) is 16.8 Å². The summed E-state index contributed by atoms with van der Waals surface area (Å²) in [5.74, 6) is 0. The van der Waals surface area contributed by atoms with Crippen molar-refractivity contribution in [3.05, 3.63) is 113 Å². The molecule has 4 aromatic carbocycles. The van der Waals surface area contributed by atoms with E-state index >= 15 is 0 Å². The fourth-order valence-electron chi connectivity index (χ4n) is 6.33. The van der Waals surface area contributed by atoms with Crippen molar-refractivity contribution in [2.24, 2.45) is 0 Å². The molecule has 0 atom stereocenters. The molecule has 10 rings (SSSR count). The fraction of sp³-hybridized carbons (Fsp3) is 0.200. The van der Waals surface area contributed by atoms with Gasteiger partial charge in [0.25, 0.3) is 0 Å². The standard InChI is InChI=1S/C20H18N4O3S2.C13H13ClN2O3S.C7H6N2S/c1-20(10-27-11-20)24-29(25,26)14-3-4-16-15(9-14)17(6-7-21-16)23-13-2-5-19-18(8-13)22-12-28-19;1-13(7-19-8-13)16-20(17,18)9-2-3-12-10(6-9)11(14)4-5-15-12;8-5-1-2-7-6(3-5)9-4-10-7/h2-9,12,24H,10-11H2,1H3,(H,21,23);2-6,16H,7-8H2,1H3;1-4H,8H2. The van der Waals surface area contributed by atoms with Gasteiger partial charge in [0.05, 0.1) is 94.8 Å². The molecule has 2 aliphatic heterocycles. The molecule has 14 nitrogen and oxygen atoms in total. The first-order chi connectivity index (χ1) is 28.2. The monoisotopic (exact) mass is 888 g/mol. The number of ether oxygens (including phenoxy) is 2. The Labute approximate surface area is 352 Å². The number of pyridine rings is 2. The molecule has 0 radical (unpaired) electrons. The molecule has 8 aromatic rings. The third kappa shape index (κ3) is 9.15. The van der Waals surface area contributed by atoms with Crippen LogP contribution in [0.25, 0.3) is 42.2 Å². The van der Waals surface area contributed by atoms with Crippen LogP contribution in [-0.2, 0) is 29.5 Å². The molecule has 4 aromatic heterocycles. The highest BCUT2D eigenvalue weighted by molar-refractivity contribution is 7.89. The molecule has 2 aliphatic rings. The Morgan fingerprint density at radius 2 is 1.15 bits per heavy atom. The van der Waals surface area contributed by atoms with Gasteiger partial charge in [-0.15, -0.1) is 22.7 Å². The molecule has 0 unspecified atom stereocenters. The third-order valence-electron chi connectivity index (χ3n) is 9.40. The molecule has 0 aliphatic carbocycles. The zero-order valence-corrected chi connectivity index (χ0v) is 35.6. The van der Waals surface area contributed by atoms with Gasteiger partial charge in [-0.1, -0.05) is 11.6 Å². The summed E-state index contributed by atoms with van der Waals surface area (Å²) in [6, 6.07) is 24.8. The Balaban J connectivity index is 0.000000138. The number of nitrogens with zero attached hydrogens (tertiary/aromatic N) is 4. The molecule has 0 bridgehead atoms. The number of fused-ring (bicyclic) bond motifs is 4. The largest absolute Gasteiger partial charge is 0.399 e. The lowest BCUT2D eigenvalue weighted by Crippen LogP contribution is -2.59. The zero-order chi connectivity index (χ0) is 41.4. The van der Waals surface area contributed by atoms with Crippen LogP contribution in [0.2, 0.25) is 5.02 Å². The molecular weight excluding hydrogens is 852 g/mol. The molecule has 19 heteroatoms. The van der Waals surface area contributed by atoms with Crippen LogP contribution in [-0.4, -0.2) is 74.3 Å². The second kappa shape index (κ2) is 16.3. The van der Waals surface area contributed by atoms with E-state index in [0.29, 0.717) is 47.9 Å². The number of thiazole rings is 2. The zero-order valence-electron chi connectivity index (χ0n) is 31.5. The van der Waals surface area contributed by atoms with Crippen molar-refractivity contribution in [1.82, 2.24) is 29.4 Å². The Hall–Kier alpha value is -4.89. The summed E-state index contributed by atoms with van der Waals surface area (Å²) in [5.41, 5.74) is 13.8. The number of aromatic nitrogens is 4. The third-order valence-corrected chi connectivity index (χ3v) is 14.6. The normalized spacial score (nSPS) is 15.7. The molecule has 0 amide bonds. The van der Waals surface area contributed by atoms with Gasteiger partial charge in [-0.2, -0.15) is 0 Å². The average molecular weight is 890 g/mol. The topological polar surface area (TPSA) is 200 Å². The van der Waals surface area contributed by atoms with Crippen molar-refractivity contribution in [2.75, 3.05) is 37.5 Å². The van der Waals surface area contributed by atoms with Crippen molar-refractivity contribution in [1.29, 1.82) is 0 Å². The SMILES string of the molecule is CC1(NS(=O)(=O)c2ccc3nccc(Cl)c3c2)COC1.CC1(NS(=O)(=O)c2ccc3nccc(Nc4ccc5scnc5c4)c3c2)COC1.Nc1ccc2scnc2c1. The predicted octanol–water partition coefficient (Wildman–Crippen LogP) is 7.49. The van der Waals surface area contributed by atoms with Crippen molar-refractivity contribution in [3.63, 3.8) is 0 Å². The smallest absolute Gasteiger partial charge is 0.241 e. The van der Waals surface area contributed by atoms with Crippen molar-refractivity contribution >= 4 is 114 Å². The van der Waals surface area contributed by atoms with Gasteiger partial charge >= 0.3 is 0 Å². The minimum Gasteiger partial charge on any atom is -0.399 e. The molecule has 2 saturated heterocycles. The number of sulfonamides is 2. The average Bonchev–Trinajstić information content (AvgIpc) is 3.86. The summed E-state index contributed by atoms with van der Waals surface area (Å²) in [4.78, 5) is 17.3. The molecule has 304 valence electrons. The van der Waals surface area contributed by atoms with Crippen molar-refractivity contribution < 1.29 is 26.3 Å². The van der Waals surface area contributed by atoms with Gasteiger partial charge in [0, 0.05) is 40.2 Å².